The van der Waals surface area contributed by atoms with E-state index in [4.69, 9.17) is 4.99 Å². The van der Waals surface area contributed by atoms with Crippen LogP contribution in [0.5, 0.6) is 5.88 Å². The zero-order valence-corrected chi connectivity index (χ0v) is 22.5. The van der Waals surface area contributed by atoms with Crippen molar-refractivity contribution in [1.82, 2.24) is 19.3 Å². The summed E-state index contributed by atoms with van der Waals surface area (Å²) in [5.74, 6) is -0.0781. The lowest BCUT2D eigenvalue weighted by atomic mass is 10.0. The van der Waals surface area contributed by atoms with Crippen molar-refractivity contribution in [3.63, 3.8) is 0 Å². The molecular formula is C28H27N7O3S. The maximum atomic E-state index is 12.5. The number of aromatic amines is 1. The number of H-pyrrole nitrogens is 1. The number of pyridine rings is 1. The number of rotatable bonds is 8. The van der Waals surface area contributed by atoms with Crippen LogP contribution in [-0.2, 0) is 10.0 Å². The first kappa shape index (κ1) is 26.0. The number of nitrogens with one attached hydrogen (secondary N) is 1. The number of likely N-dealkylation sites (N-methyl/N-ethyl adjacent to an activating group) is 1. The number of benzene rings is 2. The van der Waals surface area contributed by atoms with Gasteiger partial charge in [-0.1, -0.05) is 6.07 Å². The standard InChI is InChI=1S/C28H27N7O3S/c1-33(2)14-15-35(39(3,37)38)22-7-5-21(6-8-22)31-27(20-10-12-34-13-11-30-25(34)17-20)26-23-9-4-19(18-29)16-24(23)32-28(26)36/h4-13,16-17,32,36H,14-15H2,1-3H3. The third-order valence-corrected chi connectivity index (χ3v) is 7.54. The number of imidazole rings is 1. The van der Waals surface area contributed by atoms with E-state index in [0.717, 1.165) is 5.56 Å². The molecule has 11 heteroatoms. The monoisotopic (exact) mass is 541 g/mol. The number of aromatic hydroxyl groups is 1. The fourth-order valence-electron chi connectivity index (χ4n) is 4.41. The van der Waals surface area contributed by atoms with Crippen LogP contribution in [0.25, 0.3) is 16.6 Å². The zero-order valence-electron chi connectivity index (χ0n) is 21.7. The van der Waals surface area contributed by atoms with Crippen LogP contribution < -0.4 is 4.31 Å². The molecule has 0 aliphatic heterocycles. The molecule has 0 atom stereocenters. The van der Waals surface area contributed by atoms with E-state index in [0.29, 0.717) is 57.9 Å². The van der Waals surface area contributed by atoms with Crippen molar-refractivity contribution < 1.29 is 13.5 Å². The maximum absolute atomic E-state index is 12.5. The Kier molecular flexibility index (Phi) is 6.82. The molecule has 0 fully saturated rings. The van der Waals surface area contributed by atoms with Crippen molar-refractivity contribution in [2.24, 2.45) is 4.99 Å². The van der Waals surface area contributed by atoms with Gasteiger partial charge in [-0.3, -0.25) is 4.31 Å². The molecule has 0 bridgehead atoms. The molecule has 2 N–H and O–H groups in total. The Morgan fingerprint density at radius 2 is 1.87 bits per heavy atom. The van der Waals surface area contributed by atoms with E-state index in [-0.39, 0.29) is 5.88 Å². The first-order chi connectivity index (χ1) is 18.6. The number of sulfonamides is 1. The average molecular weight is 542 g/mol. The molecule has 39 heavy (non-hydrogen) atoms. The molecule has 0 unspecified atom stereocenters. The zero-order chi connectivity index (χ0) is 27.7. The Hall–Kier alpha value is -4.66. The molecule has 10 nitrogen and oxygen atoms in total. The highest BCUT2D eigenvalue weighted by atomic mass is 32.2. The lowest BCUT2D eigenvalue weighted by Gasteiger charge is -2.24. The minimum atomic E-state index is -3.48. The highest BCUT2D eigenvalue weighted by molar-refractivity contribution is 7.92. The lowest BCUT2D eigenvalue weighted by Crippen LogP contribution is -2.35. The second-order valence-corrected chi connectivity index (χ2v) is 11.4. The quantitative estimate of drug-likeness (QED) is 0.287. The minimum Gasteiger partial charge on any atom is -0.494 e. The van der Waals surface area contributed by atoms with Gasteiger partial charge >= 0.3 is 0 Å². The van der Waals surface area contributed by atoms with Crippen molar-refractivity contribution in [1.29, 1.82) is 5.26 Å². The summed E-state index contributed by atoms with van der Waals surface area (Å²) in [5, 5.41) is 21.0. The third-order valence-electron chi connectivity index (χ3n) is 6.35. The van der Waals surface area contributed by atoms with Gasteiger partial charge in [-0.15, -0.1) is 0 Å². The Bertz CT molecular complexity index is 1850. The second-order valence-electron chi connectivity index (χ2n) is 9.44. The van der Waals surface area contributed by atoms with Crippen LogP contribution in [0.4, 0.5) is 11.4 Å². The topological polar surface area (TPSA) is 130 Å². The van der Waals surface area contributed by atoms with Gasteiger partial charge in [-0.05, 0) is 62.6 Å². The fraction of sp³-hybridized carbons (Fsp3) is 0.179. The molecule has 0 amide bonds. The van der Waals surface area contributed by atoms with Gasteiger partial charge in [0.25, 0.3) is 0 Å². The largest absolute Gasteiger partial charge is 0.494 e. The van der Waals surface area contributed by atoms with Crippen LogP contribution >= 0.6 is 0 Å². The number of hydrogen-bond acceptors (Lipinski definition) is 7. The Morgan fingerprint density at radius 1 is 1.10 bits per heavy atom. The predicted octanol–water partition coefficient (Wildman–Crippen LogP) is 3.89. The van der Waals surface area contributed by atoms with Gasteiger partial charge < -0.3 is 19.4 Å². The van der Waals surface area contributed by atoms with Gasteiger partial charge in [0.05, 0.1) is 46.1 Å². The first-order valence-corrected chi connectivity index (χ1v) is 14.0. The second kappa shape index (κ2) is 10.2. The molecule has 198 valence electrons. The van der Waals surface area contributed by atoms with Gasteiger partial charge in [0.15, 0.2) is 5.88 Å². The van der Waals surface area contributed by atoms with Gasteiger partial charge in [0.1, 0.15) is 5.65 Å². The summed E-state index contributed by atoms with van der Waals surface area (Å²) in [6, 6.07) is 18.0. The predicted molar refractivity (Wildman–Crippen MR) is 152 cm³/mol. The van der Waals surface area contributed by atoms with Crippen LogP contribution in [0.3, 0.4) is 0 Å². The average Bonchev–Trinajstić information content (AvgIpc) is 3.49. The number of fused-ring (bicyclic) bond motifs is 2. The number of aromatic nitrogens is 3. The summed E-state index contributed by atoms with van der Waals surface area (Å²) in [4.78, 5) is 14.2. The van der Waals surface area contributed by atoms with Gasteiger partial charge in [0.2, 0.25) is 10.0 Å². The van der Waals surface area contributed by atoms with E-state index >= 15 is 0 Å². The SMILES string of the molecule is CN(C)CCN(c1ccc(N=C(c2ccn3ccnc3c2)c2c(O)[nH]c3cc(C#N)ccc23)cc1)S(C)(=O)=O. The highest BCUT2D eigenvalue weighted by Gasteiger charge is 2.21. The van der Waals surface area contributed by atoms with Crippen molar-refractivity contribution in [2.75, 3.05) is 37.7 Å². The van der Waals surface area contributed by atoms with E-state index in [2.05, 4.69) is 16.0 Å². The number of nitriles is 1. The molecule has 0 saturated carbocycles. The van der Waals surface area contributed by atoms with Crippen LogP contribution in [0.15, 0.2) is 78.2 Å². The van der Waals surface area contributed by atoms with E-state index in [9.17, 15) is 18.8 Å². The number of hydrogen-bond donors (Lipinski definition) is 2. The van der Waals surface area contributed by atoms with E-state index in [1.165, 1.54) is 10.6 Å². The molecule has 0 spiro atoms. The summed E-state index contributed by atoms with van der Waals surface area (Å²) in [6.07, 6.45) is 6.59. The molecule has 0 saturated heterocycles. The fourth-order valence-corrected chi connectivity index (χ4v) is 5.33. The van der Waals surface area contributed by atoms with Crippen LogP contribution in [0.2, 0.25) is 0 Å². The molecule has 0 radical (unpaired) electrons. The van der Waals surface area contributed by atoms with Crippen molar-refractivity contribution in [3.05, 3.63) is 89.9 Å². The number of aliphatic imine (C=N–C) groups is 1. The lowest BCUT2D eigenvalue weighted by molar-refractivity contribution is 0.419. The maximum Gasteiger partial charge on any atom is 0.232 e. The first-order valence-electron chi connectivity index (χ1n) is 12.1. The summed E-state index contributed by atoms with van der Waals surface area (Å²) >= 11 is 0. The van der Waals surface area contributed by atoms with Crippen molar-refractivity contribution in [2.45, 2.75) is 0 Å². The molecule has 0 aliphatic rings. The molecule has 0 aliphatic carbocycles. The van der Waals surface area contributed by atoms with Crippen LogP contribution in [0.1, 0.15) is 16.7 Å². The van der Waals surface area contributed by atoms with Crippen LogP contribution in [-0.4, -0.2) is 71.9 Å². The smallest absolute Gasteiger partial charge is 0.232 e. The molecule has 2 aromatic carbocycles. The molecule has 3 heterocycles. The summed E-state index contributed by atoms with van der Waals surface area (Å²) < 4.78 is 28.2. The van der Waals surface area contributed by atoms with E-state index < -0.39 is 10.0 Å². The Balaban J connectivity index is 1.63. The number of nitrogens with zero attached hydrogens (tertiary/aromatic N) is 6. The van der Waals surface area contributed by atoms with Gasteiger partial charge in [-0.25, -0.2) is 18.4 Å². The molecular weight excluding hydrogens is 514 g/mol. The van der Waals surface area contributed by atoms with E-state index in [1.54, 1.807) is 48.7 Å². The third kappa shape index (κ3) is 5.34. The van der Waals surface area contributed by atoms with E-state index in [1.807, 2.05) is 47.9 Å². The number of anilines is 1. The summed E-state index contributed by atoms with van der Waals surface area (Å²) in [5.41, 5.74) is 4.60. The van der Waals surface area contributed by atoms with Gasteiger partial charge in [-0.2, -0.15) is 5.26 Å². The van der Waals surface area contributed by atoms with Crippen LogP contribution in [0, 0.1) is 11.3 Å². The molecule has 3 aromatic heterocycles. The van der Waals surface area contributed by atoms with Crippen molar-refractivity contribution >= 4 is 43.7 Å². The summed E-state index contributed by atoms with van der Waals surface area (Å²) in [6.45, 7) is 0.888. The molecule has 5 rings (SSSR count). The highest BCUT2D eigenvalue weighted by Crippen LogP contribution is 2.33. The summed E-state index contributed by atoms with van der Waals surface area (Å²) in [7, 11) is 0.304. The minimum absolute atomic E-state index is 0.0781. The molecule has 5 aromatic rings. The Morgan fingerprint density at radius 3 is 2.56 bits per heavy atom. The van der Waals surface area contributed by atoms with Gasteiger partial charge in [0, 0.05) is 42.6 Å². The normalized spacial score (nSPS) is 12.3. The van der Waals surface area contributed by atoms with Crippen molar-refractivity contribution in [3.8, 4) is 11.9 Å². The Labute approximate surface area is 226 Å².